The van der Waals surface area contributed by atoms with E-state index in [0.717, 1.165) is 18.9 Å². The Balaban J connectivity index is 5.50. The van der Waals surface area contributed by atoms with E-state index in [1.54, 1.807) is 0 Å². The van der Waals surface area contributed by atoms with Crippen molar-refractivity contribution in [3.8, 4) is 0 Å². The Labute approximate surface area is 140 Å². The van der Waals surface area contributed by atoms with Crippen LogP contribution in [-0.4, -0.2) is 11.1 Å². The largest absolute Gasteiger partial charge is 0.478 e. The van der Waals surface area contributed by atoms with Crippen molar-refractivity contribution in [2.75, 3.05) is 0 Å². The van der Waals surface area contributed by atoms with Crippen molar-refractivity contribution in [3.63, 3.8) is 0 Å². The average molecular weight is 306 g/mol. The molecule has 24 heavy (non-hydrogen) atoms. The zero-order valence-electron chi connectivity index (χ0n) is 12.9. The highest BCUT2D eigenvalue weighted by molar-refractivity contribution is 5.79. The van der Waals surface area contributed by atoms with Gasteiger partial charge in [0.2, 0.25) is 0 Å². The predicted octanol–water partition coefficient (Wildman–Crippen LogP) is 3.91. The van der Waals surface area contributed by atoms with Gasteiger partial charge < -0.3 is 5.11 Å². The number of allylic oxidation sites excluding steroid dienone is 1. The molecule has 0 aliphatic heterocycles. The molecule has 0 aromatic heterocycles. The van der Waals surface area contributed by atoms with Crippen LogP contribution in [0.25, 0.3) is 0 Å². The summed E-state index contributed by atoms with van der Waals surface area (Å²) in [6, 6.07) is 0. The number of carbonyl (C=O) groups is 1. The van der Waals surface area contributed by atoms with Gasteiger partial charge in [-0.25, -0.2) is 4.79 Å². The third kappa shape index (κ3) is 17.7. The minimum atomic E-state index is -1.12. The van der Waals surface area contributed by atoms with Gasteiger partial charge in [0.05, 0.1) is 6.08 Å². The van der Waals surface area contributed by atoms with Crippen molar-refractivity contribution < 1.29 is 9.90 Å². The van der Waals surface area contributed by atoms with Crippen molar-refractivity contribution in [1.82, 2.24) is 0 Å². The van der Waals surface area contributed by atoms with Crippen LogP contribution in [0.1, 0.15) is 19.8 Å². The summed E-state index contributed by atoms with van der Waals surface area (Å²) in [6.07, 6.45) is 4.68. The van der Waals surface area contributed by atoms with Gasteiger partial charge in [0.25, 0.3) is 0 Å². The fraction of sp³-hybridized carbons (Fsp3) is 0.136. The second-order valence-electron chi connectivity index (χ2n) is 3.51. The van der Waals surface area contributed by atoms with Crippen LogP contribution in [-0.2, 0) is 4.79 Å². The van der Waals surface area contributed by atoms with Gasteiger partial charge in [0, 0.05) is 0 Å². The lowest BCUT2D eigenvalue weighted by Crippen LogP contribution is -1.82. The monoisotopic (exact) mass is 306 g/mol. The molecule has 2 heteroatoms. The molecule has 2 nitrogen and oxygen atoms in total. The van der Waals surface area contributed by atoms with E-state index < -0.39 is 5.97 Å². The molecule has 0 bridgehead atoms. The topological polar surface area (TPSA) is 37.3 Å². The van der Waals surface area contributed by atoms with Gasteiger partial charge >= 0.3 is 5.97 Å². The summed E-state index contributed by atoms with van der Waals surface area (Å²) < 4.78 is 0. The van der Waals surface area contributed by atoms with Crippen molar-refractivity contribution in [2.24, 2.45) is 0 Å². The van der Waals surface area contributed by atoms with E-state index >= 15 is 0 Å². The number of unbranched alkanes of at least 4 members (excludes halogenated alkanes) is 1. The zero-order valence-corrected chi connectivity index (χ0v) is 12.9. The molecular formula is C22H10O2. The molecule has 0 aliphatic rings. The second-order valence-corrected chi connectivity index (χ2v) is 3.51. The zero-order chi connectivity index (χ0) is 17.7. The average Bonchev–Trinajstić information content (AvgIpc) is 2.56. The van der Waals surface area contributed by atoms with Crippen LogP contribution in [0, 0.1) is 0 Å². The molecule has 0 atom stereocenters. The minimum absolute atomic E-state index is 0.792. The number of hydrogen-bond acceptors (Lipinski definition) is 1. The van der Waals surface area contributed by atoms with Crippen LogP contribution in [0.3, 0.4) is 0 Å². The van der Waals surface area contributed by atoms with Crippen molar-refractivity contribution in [3.05, 3.63) is 104 Å². The Bertz CT molecular complexity index is 1090. The lowest BCUT2D eigenvalue weighted by molar-refractivity contribution is -0.131. The van der Waals surface area contributed by atoms with Gasteiger partial charge in [-0.05, 0) is 92.7 Å². The molecule has 0 heterocycles. The second kappa shape index (κ2) is 16.7. The van der Waals surface area contributed by atoms with Gasteiger partial charge in [-0.2, -0.15) is 0 Å². The van der Waals surface area contributed by atoms with Crippen LogP contribution >= 0.6 is 0 Å². The van der Waals surface area contributed by atoms with Gasteiger partial charge in [-0.3, -0.25) is 0 Å². The summed E-state index contributed by atoms with van der Waals surface area (Å²) in [4.78, 5) is 10.1. The van der Waals surface area contributed by atoms with Crippen LogP contribution in [0.2, 0.25) is 0 Å². The third-order valence-corrected chi connectivity index (χ3v) is 1.69. The standard InChI is InChI=1S/C22H10O2/c1-2-3-4-5-6-7-8-9-10-11-12-13-14-15-16-17-18-19-20-21-22(23)24/h4,21H,2-3H2,1H3,(H,23,24). The van der Waals surface area contributed by atoms with Gasteiger partial charge in [0.15, 0.2) is 0 Å². The van der Waals surface area contributed by atoms with E-state index in [-0.39, 0.29) is 0 Å². The summed E-state index contributed by atoms with van der Waals surface area (Å²) >= 11 is 0. The Morgan fingerprint density at radius 1 is 0.708 bits per heavy atom. The molecule has 0 fully saturated rings. The molecule has 110 valence electrons. The Hall–Kier alpha value is -4.31. The fourth-order valence-corrected chi connectivity index (χ4v) is 0.813. The highest BCUT2D eigenvalue weighted by Gasteiger charge is 1.77. The van der Waals surface area contributed by atoms with E-state index in [1.165, 1.54) is 0 Å². The lowest BCUT2D eigenvalue weighted by atomic mass is 10.3. The molecule has 0 saturated carbocycles. The van der Waals surface area contributed by atoms with Gasteiger partial charge in [-0.1, -0.05) is 24.8 Å². The van der Waals surface area contributed by atoms with E-state index in [9.17, 15) is 4.79 Å². The first-order valence-electron chi connectivity index (χ1n) is 6.66. The molecular weight excluding hydrogens is 296 g/mol. The van der Waals surface area contributed by atoms with Crippen LogP contribution in [0.15, 0.2) is 104 Å². The number of hydrogen-bond donors (Lipinski definition) is 1. The minimum Gasteiger partial charge on any atom is -0.478 e. The van der Waals surface area contributed by atoms with Crippen LogP contribution in [0.5, 0.6) is 0 Å². The Morgan fingerprint density at radius 2 is 1.08 bits per heavy atom. The Kier molecular flexibility index (Phi) is 13.7. The fourth-order valence-electron chi connectivity index (χ4n) is 0.813. The molecule has 0 amide bonds. The van der Waals surface area contributed by atoms with Crippen molar-refractivity contribution in [2.45, 2.75) is 19.8 Å². The van der Waals surface area contributed by atoms with Crippen molar-refractivity contribution in [1.29, 1.82) is 0 Å². The number of carboxylic acid groups (broad SMARTS) is 1. The first-order chi connectivity index (χ1) is 11.8. The quantitative estimate of drug-likeness (QED) is 0.634. The highest BCUT2D eigenvalue weighted by Crippen LogP contribution is 1.84. The SMILES string of the molecule is CCCC=C=C=C=C=C=C=C=C=C=C=C=C=C=C=C=C=CC(=O)O. The third-order valence-electron chi connectivity index (χ3n) is 1.69. The summed E-state index contributed by atoms with van der Waals surface area (Å²) in [5, 5.41) is 8.27. The van der Waals surface area contributed by atoms with Crippen LogP contribution < -0.4 is 0 Å². The normalized spacial score (nSPS) is 5.38. The Morgan fingerprint density at radius 3 is 1.46 bits per heavy atom. The summed E-state index contributed by atoms with van der Waals surface area (Å²) in [6.45, 7) is 2.08. The molecule has 0 spiro atoms. The highest BCUT2D eigenvalue weighted by atomic mass is 16.4. The molecule has 1 N–H and O–H groups in total. The summed E-state index contributed by atoms with van der Waals surface area (Å²) in [5.74, 6) is -1.12. The van der Waals surface area contributed by atoms with E-state index in [1.807, 2.05) is 6.08 Å². The molecule has 0 aliphatic carbocycles. The molecule has 0 unspecified atom stereocenters. The molecule has 0 saturated heterocycles. The van der Waals surface area contributed by atoms with E-state index in [4.69, 9.17) is 5.11 Å². The van der Waals surface area contributed by atoms with Crippen molar-refractivity contribution >= 4 is 5.97 Å². The first kappa shape index (κ1) is 19.7. The summed E-state index contributed by atoms with van der Waals surface area (Å²) in [7, 11) is 0. The number of carboxylic acids is 1. The lowest BCUT2D eigenvalue weighted by Gasteiger charge is -1.73. The maximum absolute atomic E-state index is 10.1. The first-order valence-corrected chi connectivity index (χ1v) is 6.66. The van der Waals surface area contributed by atoms with Gasteiger partial charge in [0.1, 0.15) is 0 Å². The molecule has 0 aromatic rings. The van der Waals surface area contributed by atoms with Gasteiger partial charge in [-0.15, -0.1) is 0 Å². The number of rotatable bonds is 3. The maximum atomic E-state index is 10.1. The maximum Gasteiger partial charge on any atom is 0.336 e. The van der Waals surface area contributed by atoms with E-state index in [2.05, 4.69) is 98.6 Å². The molecule has 0 radical (unpaired) electrons. The molecule has 0 aromatic carbocycles. The smallest absolute Gasteiger partial charge is 0.336 e. The number of aliphatic carboxylic acids is 1. The predicted molar refractivity (Wildman–Crippen MR) is 87.9 cm³/mol. The molecule has 0 rings (SSSR count). The van der Waals surface area contributed by atoms with Crippen LogP contribution in [0.4, 0.5) is 0 Å². The summed E-state index contributed by atoms with van der Waals surface area (Å²) in [5.41, 5.74) is 39.7. The van der Waals surface area contributed by atoms with E-state index in [0.29, 0.717) is 0 Å².